The number of hydrogen-bond donors (Lipinski definition) is 0. The third-order valence-electron chi connectivity index (χ3n) is 4.74. The van der Waals surface area contributed by atoms with E-state index in [1.165, 1.54) is 5.56 Å². The summed E-state index contributed by atoms with van der Waals surface area (Å²) in [6.45, 7) is 5.78. The Balaban J connectivity index is 1.42. The van der Waals surface area contributed by atoms with Gasteiger partial charge in [0.15, 0.2) is 0 Å². The van der Waals surface area contributed by atoms with Crippen LogP contribution in [0.15, 0.2) is 30.3 Å². The van der Waals surface area contributed by atoms with E-state index < -0.39 is 10.2 Å². The highest BCUT2D eigenvalue weighted by Gasteiger charge is 2.32. The Morgan fingerprint density at radius 2 is 1.50 bits per heavy atom. The van der Waals surface area contributed by atoms with E-state index in [4.69, 9.17) is 4.74 Å². The molecule has 0 radical (unpaired) electrons. The zero-order valence-electron chi connectivity index (χ0n) is 14.1. The lowest BCUT2D eigenvalue weighted by atomic mass is 10.1. The third kappa shape index (κ3) is 4.55. The number of nitrogens with zero attached hydrogens (tertiary/aromatic N) is 3. The van der Waals surface area contributed by atoms with Gasteiger partial charge in [0.05, 0.1) is 13.2 Å². The monoisotopic (exact) mass is 353 g/mol. The molecule has 0 unspecified atom stereocenters. The molecule has 0 atom stereocenters. The minimum absolute atomic E-state index is 0.472. The van der Waals surface area contributed by atoms with Gasteiger partial charge in [0.25, 0.3) is 10.2 Å². The maximum atomic E-state index is 12.6. The lowest BCUT2D eigenvalue weighted by Crippen LogP contribution is -2.55. The van der Waals surface area contributed by atoms with Crippen LogP contribution in [0.2, 0.25) is 0 Å². The van der Waals surface area contributed by atoms with Gasteiger partial charge in [-0.1, -0.05) is 30.3 Å². The molecule has 0 spiro atoms. The average molecular weight is 353 g/mol. The van der Waals surface area contributed by atoms with Gasteiger partial charge in [0.1, 0.15) is 0 Å². The first kappa shape index (κ1) is 17.8. The number of hydrogen-bond acceptors (Lipinski definition) is 4. The van der Waals surface area contributed by atoms with Crippen LogP contribution >= 0.6 is 0 Å². The summed E-state index contributed by atoms with van der Waals surface area (Å²) in [5.74, 6) is 0. The quantitative estimate of drug-likeness (QED) is 0.760. The summed E-state index contributed by atoms with van der Waals surface area (Å²) in [6.07, 6.45) is 2.19. The highest BCUT2D eigenvalue weighted by atomic mass is 32.2. The highest BCUT2D eigenvalue weighted by molar-refractivity contribution is 7.86. The van der Waals surface area contributed by atoms with E-state index in [0.717, 1.165) is 32.5 Å². The van der Waals surface area contributed by atoms with Crippen LogP contribution in [0, 0.1) is 0 Å². The van der Waals surface area contributed by atoms with E-state index >= 15 is 0 Å². The molecule has 0 bridgehead atoms. The molecule has 0 aliphatic carbocycles. The minimum atomic E-state index is -3.31. The summed E-state index contributed by atoms with van der Waals surface area (Å²) in [5, 5.41) is 0. The summed E-state index contributed by atoms with van der Waals surface area (Å²) in [6, 6.07) is 10.5. The molecule has 0 aromatic heterocycles. The molecule has 3 rings (SSSR count). The summed E-state index contributed by atoms with van der Waals surface area (Å²) < 4.78 is 33.7. The summed E-state index contributed by atoms with van der Waals surface area (Å²) in [7, 11) is -3.31. The molecule has 6 nitrogen and oxygen atoms in total. The number of aryl methyl sites for hydroxylation is 1. The second-order valence-corrected chi connectivity index (χ2v) is 8.28. The summed E-state index contributed by atoms with van der Waals surface area (Å²) >= 11 is 0. The van der Waals surface area contributed by atoms with Crippen molar-refractivity contribution in [2.24, 2.45) is 0 Å². The maximum absolute atomic E-state index is 12.6. The smallest absolute Gasteiger partial charge is 0.282 e. The lowest BCUT2D eigenvalue weighted by molar-refractivity contribution is 0.0685. The van der Waals surface area contributed by atoms with Gasteiger partial charge in [-0.05, 0) is 24.9 Å². The number of piperazine rings is 1. The Kier molecular flexibility index (Phi) is 6.24. The zero-order chi connectivity index (χ0) is 16.8. The van der Waals surface area contributed by atoms with E-state index in [1.54, 1.807) is 8.61 Å². The Morgan fingerprint density at radius 1 is 0.875 bits per heavy atom. The van der Waals surface area contributed by atoms with Crippen molar-refractivity contribution in [2.75, 3.05) is 59.0 Å². The van der Waals surface area contributed by atoms with Crippen LogP contribution in [0.5, 0.6) is 0 Å². The first-order chi connectivity index (χ1) is 11.7. The normalized spacial score (nSPS) is 21.8. The van der Waals surface area contributed by atoms with Crippen molar-refractivity contribution < 1.29 is 13.2 Å². The Morgan fingerprint density at radius 3 is 2.17 bits per heavy atom. The van der Waals surface area contributed by atoms with Crippen molar-refractivity contribution >= 4 is 10.2 Å². The fraction of sp³-hybridized carbons (Fsp3) is 0.647. The fourth-order valence-corrected chi connectivity index (χ4v) is 4.84. The lowest BCUT2D eigenvalue weighted by Gasteiger charge is -2.37. The van der Waals surface area contributed by atoms with Crippen molar-refractivity contribution in [2.45, 2.75) is 12.8 Å². The SMILES string of the molecule is O=S(=O)(N1CCOCC1)N1CCN(CCCc2ccccc2)CC1. The van der Waals surface area contributed by atoms with Crippen molar-refractivity contribution in [3.63, 3.8) is 0 Å². The molecular formula is C17H27N3O3S. The van der Waals surface area contributed by atoms with E-state index in [2.05, 4.69) is 29.2 Å². The van der Waals surface area contributed by atoms with Crippen LogP contribution in [0.3, 0.4) is 0 Å². The van der Waals surface area contributed by atoms with Gasteiger partial charge >= 0.3 is 0 Å². The van der Waals surface area contributed by atoms with Gasteiger partial charge in [-0.3, -0.25) is 0 Å². The Bertz CT molecular complexity index is 595. The van der Waals surface area contributed by atoms with Gasteiger partial charge in [-0.25, -0.2) is 0 Å². The molecule has 2 fully saturated rings. The van der Waals surface area contributed by atoms with Crippen LogP contribution in [0.25, 0.3) is 0 Å². The van der Waals surface area contributed by atoms with Crippen molar-refractivity contribution in [3.8, 4) is 0 Å². The van der Waals surface area contributed by atoms with Gasteiger partial charge < -0.3 is 9.64 Å². The van der Waals surface area contributed by atoms with Crippen LogP contribution in [-0.2, 0) is 21.4 Å². The molecule has 0 saturated carbocycles. The zero-order valence-corrected chi connectivity index (χ0v) is 15.0. The van der Waals surface area contributed by atoms with Gasteiger partial charge in [-0.2, -0.15) is 17.0 Å². The third-order valence-corrected chi connectivity index (χ3v) is 6.77. The molecule has 0 N–H and O–H groups in total. The second kappa shape index (κ2) is 8.40. The predicted octanol–water partition coefficient (Wildman–Crippen LogP) is 0.814. The molecule has 2 aliphatic rings. The van der Waals surface area contributed by atoms with E-state index in [9.17, 15) is 8.42 Å². The van der Waals surface area contributed by atoms with Crippen molar-refractivity contribution in [3.05, 3.63) is 35.9 Å². The van der Waals surface area contributed by atoms with E-state index in [-0.39, 0.29) is 0 Å². The molecule has 134 valence electrons. The fourth-order valence-electron chi connectivity index (χ4n) is 3.28. The predicted molar refractivity (Wildman–Crippen MR) is 94.1 cm³/mol. The van der Waals surface area contributed by atoms with E-state index in [0.29, 0.717) is 39.4 Å². The largest absolute Gasteiger partial charge is 0.379 e. The summed E-state index contributed by atoms with van der Waals surface area (Å²) in [5.41, 5.74) is 1.37. The first-order valence-corrected chi connectivity index (χ1v) is 10.2. The first-order valence-electron chi connectivity index (χ1n) is 8.75. The van der Waals surface area contributed by atoms with Crippen molar-refractivity contribution in [1.82, 2.24) is 13.5 Å². The average Bonchev–Trinajstić information content (AvgIpc) is 2.64. The number of morpholine rings is 1. The van der Waals surface area contributed by atoms with Crippen LogP contribution < -0.4 is 0 Å². The molecule has 1 aromatic carbocycles. The Hall–Kier alpha value is -0.990. The molecule has 24 heavy (non-hydrogen) atoms. The molecule has 2 heterocycles. The number of ether oxygens (including phenoxy) is 1. The van der Waals surface area contributed by atoms with Gasteiger partial charge in [0, 0.05) is 39.3 Å². The maximum Gasteiger partial charge on any atom is 0.282 e. The van der Waals surface area contributed by atoms with Crippen LogP contribution in [-0.4, -0.2) is 81.0 Å². The number of benzene rings is 1. The molecule has 1 aromatic rings. The van der Waals surface area contributed by atoms with E-state index in [1.807, 2.05) is 6.07 Å². The molecule has 0 amide bonds. The molecule has 2 aliphatic heterocycles. The van der Waals surface area contributed by atoms with Gasteiger partial charge in [-0.15, -0.1) is 0 Å². The van der Waals surface area contributed by atoms with Crippen LogP contribution in [0.4, 0.5) is 0 Å². The Labute approximate surface area is 145 Å². The van der Waals surface area contributed by atoms with Crippen molar-refractivity contribution in [1.29, 1.82) is 0 Å². The topological polar surface area (TPSA) is 53.1 Å². The highest BCUT2D eigenvalue weighted by Crippen LogP contribution is 2.14. The standard InChI is InChI=1S/C17H27N3O3S/c21-24(22,20-13-15-23-16-14-20)19-11-9-18(10-12-19)8-4-7-17-5-2-1-3-6-17/h1-3,5-6H,4,7-16H2. The second-order valence-electron chi connectivity index (χ2n) is 6.35. The minimum Gasteiger partial charge on any atom is -0.379 e. The summed E-state index contributed by atoms with van der Waals surface area (Å²) in [4.78, 5) is 2.37. The molecular weight excluding hydrogens is 326 g/mol. The molecule has 2 saturated heterocycles. The number of rotatable bonds is 6. The van der Waals surface area contributed by atoms with Crippen LogP contribution in [0.1, 0.15) is 12.0 Å². The molecule has 7 heteroatoms. The van der Waals surface area contributed by atoms with Gasteiger partial charge in [0.2, 0.25) is 0 Å².